The van der Waals surface area contributed by atoms with Crippen LogP contribution in [0.15, 0.2) is 11.6 Å². The summed E-state index contributed by atoms with van der Waals surface area (Å²) in [5, 5.41) is 8.13. The van der Waals surface area contributed by atoms with E-state index in [-0.39, 0.29) is 5.91 Å². The van der Waals surface area contributed by atoms with E-state index in [1.165, 1.54) is 0 Å². The van der Waals surface area contributed by atoms with Crippen molar-refractivity contribution >= 4 is 28.0 Å². The Bertz CT molecular complexity index is 604. The molecule has 0 aromatic carbocycles. The van der Waals surface area contributed by atoms with Crippen molar-refractivity contribution in [3.63, 3.8) is 0 Å². The van der Waals surface area contributed by atoms with E-state index in [1.807, 2.05) is 23.4 Å². The van der Waals surface area contributed by atoms with Crippen molar-refractivity contribution in [3.8, 4) is 0 Å². The lowest BCUT2D eigenvalue weighted by molar-refractivity contribution is -0.119. The number of aromatic nitrogens is 2. The third-order valence-corrected chi connectivity index (χ3v) is 4.07. The molecular formula is C14H23N5OS. The Morgan fingerprint density at radius 2 is 2.29 bits per heavy atom. The maximum atomic E-state index is 11.7. The molecule has 116 valence electrons. The van der Waals surface area contributed by atoms with Gasteiger partial charge in [0.25, 0.3) is 0 Å². The van der Waals surface area contributed by atoms with E-state index < -0.39 is 0 Å². The predicted octanol–water partition coefficient (Wildman–Crippen LogP) is 1.47. The number of imidazole rings is 1. The van der Waals surface area contributed by atoms with Gasteiger partial charge in [-0.2, -0.15) is 0 Å². The molecule has 0 radical (unpaired) electrons. The minimum Gasteiger partial charge on any atom is -0.358 e. The first-order valence-electron chi connectivity index (χ1n) is 7.20. The van der Waals surface area contributed by atoms with Gasteiger partial charge >= 0.3 is 0 Å². The van der Waals surface area contributed by atoms with Gasteiger partial charge in [-0.15, -0.1) is 11.3 Å². The molecule has 21 heavy (non-hydrogen) atoms. The SMILES string of the molecule is CCN(CC(=O)NC)c1nc2sccn2c1CNC(C)C. The zero-order valence-corrected chi connectivity index (χ0v) is 13.8. The molecule has 0 saturated heterocycles. The van der Waals surface area contributed by atoms with Gasteiger partial charge in [-0.3, -0.25) is 9.20 Å². The van der Waals surface area contributed by atoms with E-state index in [1.54, 1.807) is 18.4 Å². The third kappa shape index (κ3) is 3.54. The lowest BCUT2D eigenvalue weighted by atomic mass is 10.3. The number of hydrogen-bond donors (Lipinski definition) is 2. The van der Waals surface area contributed by atoms with Gasteiger partial charge in [-0.05, 0) is 6.92 Å². The fourth-order valence-corrected chi connectivity index (χ4v) is 2.86. The van der Waals surface area contributed by atoms with Crippen LogP contribution in [0.1, 0.15) is 26.5 Å². The summed E-state index contributed by atoms with van der Waals surface area (Å²) in [7, 11) is 1.66. The third-order valence-electron chi connectivity index (χ3n) is 3.31. The van der Waals surface area contributed by atoms with Crippen molar-refractivity contribution in [1.82, 2.24) is 20.0 Å². The molecule has 2 N–H and O–H groups in total. The van der Waals surface area contributed by atoms with Gasteiger partial charge in [0.15, 0.2) is 10.8 Å². The second kappa shape index (κ2) is 6.91. The molecule has 2 aromatic heterocycles. The molecule has 0 aliphatic rings. The van der Waals surface area contributed by atoms with Crippen LogP contribution in [-0.4, -0.2) is 41.5 Å². The van der Waals surface area contributed by atoms with E-state index >= 15 is 0 Å². The summed E-state index contributed by atoms with van der Waals surface area (Å²) in [5.74, 6) is 0.886. The van der Waals surface area contributed by atoms with Crippen molar-refractivity contribution in [2.45, 2.75) is 33.4 Å². The summed E-state index contributed by atoms with van der Waals surface area (Å²) in [6.45, 7) is 8.08. The first-order valence-corrected chi connectivity index (χ1v) is 8.08. The van der Waals surface area contributed by atoms with Crippen molar-refractivity contribution in [2.75, 3.05) is 25.0 Å². The number of fused-ring (bicyclic) bond motifs is 1. The zero-order valence-electron chi connectivity index (χ0n) is 13.0. The summed E-state index contributed by atoms with van der Waals surface area (Å²) in [6, 6.07) is 0.399. The molecular weight excluding hydrogens is 286 g/mol. The summed E-state index contributed by atoms with van der Waals surface area (Å²) in [6.07, 6.45) is 2.03. The minimum atomic E-state index is -0.00373. The van der Waals surface area contributed by atoms with Crippen molar-refractivity contribution in [2.24, 2.45) is 0 Å². The zero-order chi connectivity index (χ0) is 15.4. The number of amides is 1. The number of nitrogens with zero attached hydrogens (tertiary/aromatic N) is 3. The maximum absolute atomic E-state index is 11.7. The Kier molecular flexibility index (Phi) is 5.19. The van der Waals surface area contributed by atoms with Gasteiger partial charge in [0.05, 0.1) is 12.2 Å². The molecule has 1 amide bonds. The molecule has 0 fully saturated rings. The first kappa shape index (κ1) is 15.8. The lowest BCUT2D eigenvalue weighted by Gasteiger charge is -2.21. The molecule has 0 aliphatic carbocycles. The summed E-state index contributed by atoms with van der Waals surface area (Å²) in [5.41, 5.74) is 1.10. The maximum Gasteiger partial charge on any atom is 0.239 e. The van der Waals surface area contributed by atoms with Crippen LogP contribution in [0, 0.1) is 0 Å². The highest BCUT2D eigenvalue weighted by Crippen LogP contribution is 2.24. The molecule has 2 heterocycles. The van der Waals surface area contributed by atoms with E-state index in [0.29, 0.717) is 12.6 Å². The number of anilines is 1. The Morgan fingerprint density at radius 3 is 2.90 bits per heavy atom. The quantitative estimate of drug-likeness (QED) is 0.813. The van der Waals surface area contributed by atoms with Crippen LogP contribution >= 0.6 is 11.3 Å². The van der Waals surface area contributed by atoms with Crippen LogP contribution < -0.4 is 15.5 Å². The summed E-state index contributed by atoms with van der Waals surface area (Å²) < 4.78 is 2.10. The molecule has 7 heteroatoms. The van der Waals surface area contributed by atoms with Crippen molar-refractivity contribution < 1.29 is 4.79 Å². The van der Waals surface area contributed by atoms with Crippen LogP contribution in [-0.2, 0) is 11.3 Å². The molecule has 2 rings (SSSR count). The highest BCUT2D eigenvalue weighted by Gasteiger charge is 2.19. The first-order chi connectivity index (χ1) is 10.1. The topological polar surface area (TPSA) is 61.7 Å². The number of carbonyl (C=O) groups excluding carboxylic acids is 1. The number of nitrogens with one attached hydrogen (secondary N) is 2. The highest BCUT2D eigenvalue weighted by atomic mass is 32.1. The van der Waals surface area contributed by atoms with Gasteiger partial charge in [0.1, 0.15) is 0 Å². The van der Waals surface area contributed by atoms with Crippen LogP contribution in [0.25, 0.3) is 4.96 Å². The number of rotatable bonds is 7. The van der Waals surface area contributed by atoms with Gasteiger partial charge in [-0.25, -0.2) is 4.98 Å². The fourth-order valence-electron chi connectivity index (χ4n) is 2.13. The summed E-state index contributed by atoms with van der Waals surface area (Å²) >= 11 is 1.61. The van der Waals surface area contributed by atoms with Crippen LogP contribution in [0.2, 0.25) is 0 Å². The minimum absolute atomic E-state index is 0.00373. The molecule has 2 aromatic rings. The molecule has 0 aliphatic heterocycles. The van der Waals surface area contributed by atoms with Gasteiger partial charge in [-0.1, -0.05) is 13.8 Å². The molecule has 0 spiro atoms. The Hall–Kier alpha value is -1.60. The molecule has 6 nitrogen and oxygen atoms in total. The average Bonchev–Trinajstić information content (AvgIpc) is 3.03. The van der Waals surface area contributed by atoms with Gasteiger partial charge in [0.2, 0.25) is 5.91 Å². The van der Waals surface area contributed by atoms with Crippen molar-refractivity contribution in [1.29, 1.82) is 0 Å². The highest BCUT2D eigenvalue weighted by molar-refractivity contribution is 7.15. The molecule has 0 unspecified atom stereocenters. The number of likely N-dealkylation sites (N-methyl/N-ethyl adjacent to an activating group) is 2. The number of hydrogen-bond acceptors (Lipinski definition) is 5. The second-order valence-corrected chi connectivity index (χ2v) is 6.03. The normalized spacial score (nSPS) is 11.3. The largest absolute Gasteiger partial charge is 0.358 e. The Morgan fingerprint density at radius 1 is 1.52 bits per heavy atom. The number of carbonyl (C=O) groups is 1. The molecule has 0 atom stereocenters. The Labute approximate surface area is 129 Å². The number of thiazole rings is 1. The van der Waals surface area contributed by atoms with E-state index in [0.717, 1.165) is 29.6 Å². The van der Waals surface area contributed by atoms with E-state index in [4.69, 9.17) is 4.98 Å². The van der Waals surface area contributed by atoms with E-state index in [2.05, 4.69) is 28.9 Å². The van der Waals surface area contributed by atoms with Crippen molar-refractivity contribution in [3.05, 3.63) is 17.3 Å². The standard InChI is InChI=1S/C14H23N5OS/c1-5-18(9-12(20)15-4)13-11(8-16-10(2)3)19-6-7-21-14(19)17-13/h6-7,10,16H,5,8-9H2,1-4H3,(H,15,20). The summed E-state index contributed by atoms with van der Waals surface area (Å²) in [4.78, 5) is 19.4. The lowest BCUT2D eigenvalue weighted by Crippen LogP contribution is -2.36. The van der Waals surface area contributed by atoms with Gasteiger partial charge < -0.3 is 15.5 Å². The second-order valence-electron chi connectivity index (χ2n) is 5.16. The van der Waals surface area contributed by atoms with Crippen LogP contribution in [0.5, 0.6) is 0 Å². The molecule has 0 bridgehead atoms. The average molecular weight is 309 g/mol. The van der Waals surface area contributed by atoms with Crippen LogP contribution in [0.4, 0.5) is 5.82 Å². The smallest absolute Gasteiger partial charge is 0.239 e. The molecule has 0 saturated carbocycles. The monoisotopic (exact) mass is 309 g/mol. The Balaban J connectivity index is 2.33. The fraction of sp³-hybridized carbons (Fsp3) is 0.571. The van der Waals surface area contributed by atoms with Crippen LogP contribution in [0.3, 0.4) is 0 Å². The van der Waals surface area contributed by atoms with E-state index in [9.17, 15) is 4.79 Å². The predicted molar refractivity (Wildman–Crippen MR) is 87.0 cm³/mol. The van der Waals surface area contributed by atoms with Gasteiger partial charge in [0, 0.05) is 37.8 Å².